The smallest absolute Gasteiger partial charge is 0.223 e. The van der Waals surface area contributed by atoms with Crippen molar-refractivity contribution in [2.45, 2.75) is 45.7 Å². The Morgan fingerprint density at radius 1 is 1.53 bits per heavy atom. The van der Waals surface area contributed by atoms with E-state index in [-0.39, 0.29) is 17.9 Å². The minimum atomic E-state index is 0.0386. The molecule has 5 nitrogen and oxygen atoms in total. The third-order valence-electron chi connectivity index (χ3n) is 2.76. The Kier molecular flexibility index (Phi) is 5.69. The summed E-state index contributed by atoms with van der Waals surface area (Å²) < 4.78 is 0. The highest BCUT2D eigenvalue weighted by Gasteiger charge is 2.12. The van der Waals surface area contributed by atoms with Crippen LogP contribution in [-0.2, 0) is 11.3 Å². The van der Waals surface area contributed by atoms with Gasteiger partial charge >= 0.3 is 0 Å². The molecule has 1 heterocycles. The fraction of sp³-hybridized carbons (Fsp3) is 0.667. The molecule has 2 unspecified atom stereocenters. The van der Waals surface area contributed by atoms with Crippen LogP contribution in [-0.4, -0.2) is 22.1 Å². The van der Waals surface area contributed by atoms with Crippen molar-refractivity contribution in [1.29, 1.82) is 0 Å². The number of aromatic nitrogens is 2. The largest absolute Gasteiger partial charge is 0.350 e. The van der Waals surface area contributed by atoms with Gasteiger partial charge in [0.2, 0.25) is 5.91 Å². The SMILES string of the molecule is CC(N)CCCC(C)C(=O)NCc1ccn[nH]1. The Balaban J connectivity index is 2.18. The molecule has 5 heteroatoms. The predicted molar refractivity (Wildman–Crippen MR) is 67.1 cm³/mol. The topological polar surface area (TPSA) is 83.8 Å². The zero-order valence-corrected chi connectivity index (χ0v) is 10.6. The molecule has 0 aromatic carbocycles. The molecule has 0 saturated carbocycles. The first-order chi connectivity index (χ1) is 8.09. The minimum absolute atomic E-state index is 0.0386. The van der Waals surface area contributed by atoms with E-state index in [1.807, 2.05) is 19.9 Å². The maximum Gasteiger partial charge on any atom is 0.223 e. The molecule has 96 valence electrons. The van der Waals surface area contributed by atoms with E-state index in [0.29, 0.717) is 6.54 Å². The lowest BCUT2D eigenvalue weighted by Gasteiger charge is -2.12. The van der Waals surface area contributed by atoms with Crippen LogP contribution < -0.4 is 11.1 Å². The summed E-state index contributed by atoms with van der Waals surface area (Å²) in [5.41, 5.74) is 6.58. The van der Waals surface area contributed by atoms with Gasteiger partial charge in [0.05, 0.1) is 12.2 Å². The molecule has 1 amide bonds. The van der Waals surface area contributed by atoms with Crippen molar-refractivity contribution >= 4 is 5.91 Å². The Hall–Kier alpha value is -1.36. The fourth-order valence-corrected chi connectivity index (χ4v) is 1.62. The molecule has 1 aromatic rings. The van der Waals surface area contributed by atoms with Crippen LogP contribution in [0.3, 0.4) is 0 Å². The first kappa shape index (κ1) is 13.7. The number of hydrogen-bond acceptors (Lipinski definition) is 3. The highest BCUT2D eigenvalue weighted by molar-refractivity contribution is 5.78. The minimum Gasteiger partial charge on any atom is -0.350 e. The molecule has 4 N–H and O–H groups in total. The van der Waals surface area contributed by atoms with Gasteiger partial charge in [-0.1, -0.05) is 13.3 Å². The van der Waals surface area contributed by atoms with Crippen molar-refractivity contribution in [3.05, 3.63) is 18.0 Å². The van der Waals surface area contributed by atoms with Gasteiger partial charge in [0.25, 0.3) is 0 Å². The number of aromatic amines is 1. The summed E-state index contributed by atoms with van der Waals surface area (Å²) in [6.07, 6.45) is 4.53. The van der Waals surface area contributed by atoms with E-state index in [0.717, 1.165) is 25.0 Å². The summed E-state index contributed by atoms with van der Waals surface area (Å²) in [5.74, 6) is 0.126. The van der Waals surface area contributed by atoms with Crippen molar-refractivity contribution in [3.8, 4) is 0 Å². The molecule has 0 aliphatic carbocycles. The first-order valence-electron chi connectivity index (χ1n) is 6.11. The van der Waals surface area contributed by atoms with Crippen molar-refractivity contribution in [3.63, 3.8) is 0 Å². The average Bonchev–Trinajstić information content (AvgIpc) is 2.78. The van der Waals surface area contributed by atoms with Gasteiger partial charge < -0.3 is 11.1 Å². The first-order valence-corrected chi connectivity index (χ1v) is 6.11. The van der Waals surface area contributed by atoms with E-state index in [9.17, 15) is 4.79 Å². The van der Waals surface area contributed by atoms with Gasteiger partial charge in [-0.15, -0.1) is 0 Å². The number of H-pyrrole nitrogens is 1. The fourth-order valence-electron chi connectivity index (χ4n) is 1.62. The molecular weight excluding hydrogens is 216 g/mol. The second-order valence-electron chi connectivity index (χ2n) is 4.61. The van der Waals surface area contributed by atoms with Crippen molar-refractivity contribution < 1.29 is 4.79 Å². The van der Waals surface area contributed by atoms with E-state index in [1.165, 1.54) is 0 Å². The van der Waals surface area contributed by atoms with Crippen molar-refractivity contribution in [2.24, 2.45) is 11.7 Å². The standard InChI is InChI=1S/C12H22N4O/c1-9(4-3-5-10(2)13)12(17)14-8-11-6-7-15-16-11/h6-7,9-10H,3-5,8,13H2,1-2H3,(H,14,17)(H,15,16). The summed E-state index contributed by atoms with van der Waals surface area (Å²) >= 11 is 0. The Morgan fingerprint density at radius 2 is 2.29 bits per heavy atom. The summed E-state index contributed by atoms with van der Waals surface area (Å²) in [7, 11) is 0. The van der Waals surface area contributed by atoms with Crippen LogP contribution in [0.5, 0.6) is 0 Å². The van der Waals surface area contributed by atoms with Gasteiger partial charge in [-0.2, -0.15) is 5.10 Å². The lowest BCUT2D eigenvalue weighted by Crippen LogP contribution is -2.29. The number of carbonyl (C=O) groups is 1. The number of hydrogen-bond donors (Lipinski definition) is 3. The zero-order valence-electron chi connectivity index (χ0n) is 10.6. The molecule has 2 atom stereocenters. The van der Waals surface area contributed by atoms with E-state index < -0.39 is 0 Å². The van der Waals surface area contributed by atoms with Crippen LogP contribution in [0.2, 0.25) is 0 Å². The predicted octanol–water partition coefficient (Wildman–Crippen LogP) is 1.18. The normalized spacial score (nSPS) is 14.3. The Labute approximate surface area is 102 Å². The number of nitrogens with one attached hydrogen (secondary N) is 2. The molecule has 0 radical (unpaired) electrons. The van der Waals surface area contributed by atoms with E-state index >= 15 is 0 Å². The monoisotopic (exact) mass is 238 g/mol. The molecule has 17 heavy (non-hydrogen) atoms. The maximum atomic E-state index is 11.7. The Bertz CT molecular complexity index is 321. The number of amides is 1. The van der Waals surface area contributed by atoms with Gasteiger partial charge in [0.1, 0.15) is 0 Å². The second-order valence-corrected chi connectivity index (χ2v) is 4.61. The summed E-state index contributed by atoms with van der Waals surface area (Å²) in [6, 6.07) is 2.07. The van der Waals surface area contributed by atoms with Crippen LogP contribution in [0, 0.1) is 5.92 Å². The number of carbonyl (C=O) groups excluding carboxylic acids is 1. The van der Waals surface area contributed by atoms with Gasteiger partial charge in [0.15, 0.2) is 0 Å². The highest BCUT2D eigenvalue weighted by atomic mass is 16.1. The molecule has 0 bridgehead atoms. The lowest BCUT2D eigenvalue weighted by atomic mass is 10.0. The molecular formula is C12H22N4O. The third-order valence-corrected chi connectivity index (χ3v) is 2.76. The molecule has 1 rings (SSSR count). The van der Waals surface area contributed by atoms with Crippen LogP contribution in [0.25, 0.3) is 0 Å². The van der Waals surface area contributed by atoms with Crippen LogP contribution in [0.1, 0.15) is 38.8 Å². The van der Waals surface area contributed by atoms with Crippen molar-refractivity contribution in [1.82, 2.24) is 15.5 Å². The number of nitrogens with zero attached hydrogens (tertiary/aromatic N) is 1. The van der Waals surface area contributed by atoms with E-state index in [2.05, 4.69) is 15.5 Å². The summed E-state index contributed by atoms with van der Waals surface area (Å²) in [4.78, 5) is 11.7. The maximum absolute atomic E-state index is 11.7. The second kappa shape index (κ2) is 7.06. The van der Waals surface area contributed by atoms with Crippen molar-refractivity contribution in [2.75, 3.05) is 0 Å². The zero-order chi connectivity index (χ0) is 12.7. The number of nitrogens with two attached hydrogens (primary N) is 1. The molecule has 0 spiro atoms. The summed E-state index contributed by atoms with van der Waals surface area (Å²) in [6.45, 7) is 4.45. The summed E-state index contributed by atoms with van der Waals surface area (Å²) in [5, 5.41) is 9.51. The lowest BCUT2D eigenvalue weighted by molar-refractivity contribution is -0.124. The van der Waals surface area contributed by atoms with E-state index in [4.69, 9.17) is 5.73 Å². The van der Waals surface area contributed by atoms with Crippen LogP contribution in [0.15, 0.2) is 12.3 Å². The molecule has 0 aliphatic heterocycles. The molecule has 0 fully saturated rings. The Morgan fingerprint density at radius 3 is 2.88 bits per heavy atom. The number of rotatable bonds is 7. The van der Waals surface area contributed by atoms with Gasteiger partial charge in [-0.3, -0.25) is 9.89 Å². The third kappa shape index (κ3) is 5.49. The average molecular weight is 238 g/mol. The van der Waals surface area contributed by atoms with Crippen LogP contribution >= 0.6 is 0 Å². The quantitative estimate of drug-likeness (QED) is 0.667. The molecule has 1 aromatic heterocycles. The van der Waals surface area contributed by atoms with Gasteiger partial charge in [0, 0.05) is 18.2 Å². The van der Waals surface area contributed by atoms with Gasteiger partial charge in [-0.05, 0) is 25.8 Å². The highest BCUT2D eigenvalue weighted by Crippen LogP contribution is 2.09. The van der Waals surface area contributed by atoms with Crippen LogP contribution in [0.4, 0.5) is 0 Å². The molecule has 0 saturated heterocycles. The molecule has 0 aliphatic rings. The van der Waals surface area contributed by atoms with Gasteiger partial charge in [-0.25, -0.2) is 0 Å². The van der Waals surface area contributed by atoms with E-state index in [1.54, 1.807) is 6.20 Å².